The summed E-state index contributed by atoms with van der Waals surface area (Å²) < 4.78 is 2.06. The monoisotopic (exact) mass is 420 g/mol. The fourth-order valence-electron chi connectivity index (χ4n) is 2.47. The van der Waals surface area contributed by atoms with Gasteiger partial charge in [0.15, 0.2) is 5.57 Å². The average molecular weight is 420 g/mol. The molecule has 0 saturated heterocycles. The molecular weight excluding hydrogens is 400 g/mol. The van der Waals surface area contributed by atoms with Gasteiger partial charge in [-0.2, -0.15) is 5.26 Å². The second-order valence-electron chi connectivity index (χ2n) is 5.89. The topological polar surface area (TPSA) is 107 Å². The summed E-state index contributed by atoms with van der Waals surface area (Å²) in [6, 6.07) is 9.30. The maximum atomic E-state index is 12.6. The predicted molar refractivity (Wildman–Crippen MR) is 117 cm³/mol. The number of carbonyl (C=O) groups is 1. The highest BCUT2D eigenvalue weighted by molar-refractivity contribution is 7.07. The van der Waals surface area contributed by atoms with E-state index in [9.17, 15) is 14.9 Å². The zero-order valence-corrected chi connectivity index (χ0v) is 17.2. The molecule has 1 aromatic heterocycles. The number of nitrogens with one attached hydrogen (secondary N) is 2. The van der Waals surface area contributed by atoms with Gasteiger partial charge in [-0.3, -0.25) is 14.2 Å². The van der Waals surface area contributed by atoms with E-state index < -0.39 is 5.91 Å². The van der Waals surface area contributed by atoms with Crippen LogP contribution in [0.4, 0.5) is 5.69 Å². The first-order valence-electron chi connectivity index (χ1n) is 9.07. The quantitative estimate of drug-likeness (QED) is 0.333. The van der Waals surface area contributed by atoms with Crippen LogP contribution in [-0.4, -0.2) is 28.7 Å². The fraction of sp³-hybridized carbons (Fsp3) is 0.227. The molecule has 8 heteroatoms. The van der Waals surface area contributed by atoms with Gasteiger partial charge in [-0.1, -0.05) is 40.9 Å². The lowest BCUT2D eigenvalue weighted by Crippen LogP contribution is -2.30. The van der Waals surface area contributed by atoms with Gasteiger partial charge in [0.1, 0.15) is 15.3 Å². The van der Waals surface area contributed by atoms with Crippen LogP contribution >= 0.6 is 11.3 Å². The summed E-state index contributed by atoms with van der Waals surface area (Å²) in [6.45, 7) is 2.18. The van der Waals surface area contributed by atoms with Crippen molar-refractivity contribution >= 4 is 34.4 Å². The number of amides is 1. The van der Waals surface area contributed by atoms with Crippen LogP contribution in [0.15, 0.2) is 40.8 Å². The molecule has 1 amide bonds. The lowest BCUT2D eigenvalue weighted by molar-refractivity contribution is -0.116. The van der Waals surface area contributed by atoms with Crippen molar-refractivity contribution in [1.29, 1.82) is 5.26 Å². The fourth-order valence-corrected chi connectivity index (χ4v) is 3.46. The zero-order chi connectivity index (χ0) is 21.9. The van der Waals surface area contributed by atoms with Crippen molar-refractivity contribution in [2.45, 2.75) is 19.9 Å². The number of aliphatic hydroxyl groups excluding tert-OH is 1. The van der Waals surface area contributed by atoms with Gasteiger partial charge in [0.05, 0.1) is 6.54 Å². The van der Waals surface area contributed by atoms with E-state index in [4.69, 9.17) is 11.5 Å². The molecule has 1 aromatic carbocycles. The average Bonchev–Trinajstić information content (AvgIpc) is 3.05. The van der Waals surface area contributed by atoms with Crippen LogP contribution in [0.5, 0.6) is 0 Å². The lowest BCUT2D eigenvalue weighted by Gasteiger charge is -2.02. The molecule has 0 aliphatic carbocycles. The number of anilines is 1. The van der Waals surface area contributed by atoms with E-state index in [1.165, 1.54) is 10.8 Å². The predicted octanol–water partition coefficient (Wildman–Crippen LogP) is 0.0485. The van der Waals surface area contributed by atoms with E-state index in [0.29, 0.717) is 22.2 Å². The van der Waals surface area contributed by atoms with Crippen molar-refractivity contribution in [3.05, 3.63) is 61.2 Å². The van der Waals surface area contributed by atoms with Crippen LogP contribution in [0.3, 0.4) is 0 Å². The van der Waals surface area contributed by atoms with Crippen LogP contribution < -0.4 is 25.4 Å². The van der Waals surface area contributed by atoms with Gasteiger partial charge in [0.25, 0.3) is 11.5 Å². The molecular formula is C22H20N4O3S. The molecule has 0 radical (unpaired) electrons. The summed E-state index contributed by atoms with van der Waals surface area (Å²) >= 11 is 1.07. The summed E-state index contributed by atoms with van der Waals surface area (Å²) in [5, 5.41) is 23.7. The van der Waals surface area contributed by atoms with Crippen LogP contribution in [0, 0.1) is 23.7 Å². The summed E-state index contributed by atoms with van der Waals surface area (Å²) in [5.41, 5.74) is 6.83. The first-order chi connectivity index (χ1) is 14.5. The molecule has 1 heterocycles. The molecule has 3 N–H and O–H groups in total. The molecule has 0 aliphatic rings. The van der Waals surface area contributed by atoms with Crippen molar-refractivity contribution in [3.63, 3.8) is 0 Å². The molecule has 152 valence electrons. The highest BCUT2D eigenvalue weighted by Gasteiger charge is 2.08. The maximum absolute atomic E-state index is 12.6. The Balaban J connectivity index is 2.49. The zero-order valence-electron chi connectivity index (χ0n) is 16.4. The van der Waals surface area contributed by atoms with E-state index in [0.717, 1.165) is 22.6 Å². The molecule has 2 rings (SSSR count). The summed E-state index contributed by atoms with van der Waals surface area (Å²) in [5.74, 6) is 1.61. The van der Waals surface area contributed by atoms with E-state index in [1.54, 1.807) is 13.0 Å². The number of hydrogen-bond donors (Lipinski definition) is 3. The minimum absolute atomic E-state index is 0.0103. The molecule has 0 spiro atoms. The van der Waals surface area contributed by atoms with E-state index >= 15 is 0 Å². The van der Waals surface area contributed by atoms with Gasteiger partial charge in [-0.05, 0) is 31.0 Å². The molecule has 30 heavy (non-hydrogen) atoms. The van der Waals surface area contributed by atoms with Crippen LogP contribution in [0.25, 0.3) is 11.5 Å². The molecule has 0 bridgehead atoms. The third-order valence-corrected chi connectivity index (χ3v) is 4.90. The smallest absolute Gasteiger partial charge is 0.277 e. The molecule has 0 unspecified atom stereocenters. The molecule has 2 aromatic rings. The Bertz CT molecular complexity index is 1260. The molecule has 7 nitrogen and oxygen atoms in total. The Morgan fingerprint density at radius 3 is 2.90 bits per heavy atom. The number of terminal acetylenes is 1. The molecule has 0 atom stereocenters. The SMILES string of the molecule is C#CCNC(=O)C(=C=c1sc(=C=CNc2cccc(CCO)c2)c(=O)n1CC)C#N. The first kappa shape index (κ1) is 22.5. The number of aliphatic hydroxyl groups is 1. The van der Waals surface area contributed by atoms with Crippen LogP contribution in [0.1, 0.15) is 12.5 Å². The number of thiazole rings is 1. The number of nitrogens with zero attached hydrogens (tertiary/aromatic N) is 2. The summed E-state index contributed by atoms with van der Waals surface area (Å²) in [7, 11) is 0. The summed E-state index contributed by atoms with van der Waals surface area (Å²) in [4.78, 5) is 24.6. The van der Waals surface area contributed by atoms with Crippen molar-refractivity contribution in [3.8, 4) is 18.4 Å². The minimum atomic E-state index is -0.649. The highest BCUT2D eigenvalue weighted by atomic mass is 32.1. The van der Waals surface area contributed by atoms with E-state index in [2.05, 4.69) is 28.0 Å². The van der Waals surface area contributed by atoms with Gasteiger partial charge in [-0.25, -0.2) is 0 Å². The first-order valence-corrected chi connectivity index (χ1v) is 9.89. The summed E-state index contributed by atoms with van der Waals surface area (Å²) in [6.07, 6.45) is 7.17. The third kappa shape index (κ3) is 5.86. The van der Waals surface area contributed by atoms with Gasteiger partial charge in [0.2, 0.25) is 0 Å². The second kappa shape index (κ2) is 11.3. The Morgan fingerprint density at radius 1 is 1.43 bits per heavy atom. The Morgan fingerprint density at radius 2 is 2.23 bits per heavy atom. The van der Waals surface area contributed by atoms with Crippen LogP contribution in [-0.2, 0) is 17.8 Å². The van der Waals surface area contributed by atoms with Crippen molar-refractivity contribution < 1.29 is 9.90 Å². The largest absolute Gasteiger partial charge is 0.396 e. The maximum Gasteiger partial charge on any atom is 0.277 e. The lowest BCUT2D eigenvalue weighted by atomic mass is 10.1. The number of benzene rings is 1. The van der Waals surface area contributed by atoms with E-state index in [1.807, 2.05) is 24.3 Å². The minimum Gasteiger partial charge on any atom is -0.396 e. The normalized spacial score (nSPS) is 9.47. The van der Waals surface area contributed by atoms with Crippen molar-refractivity contribution in [1.82, 2.24) is 9.88 Å². The number of carbonyl (C=O) groups excluding carboxylic acids is 1. The Labute approximate surface area is 177 Å². The Hall–Kier alpha value is -3.77. The van der Waals surface area contributed by atoms with Gasteiger partial charge >= 0.3 is 0 Å². The van der Waals surface area contributed by atoms with Gasteiger partial charge in [-0.15, -0.1) is 6.42 Å². The number of rotatable bonds is 7. The van der Waals surface area contributed by atoms with Crippen molar-refractivity contribution in [2.75, 3.05) is 18.5 Å². The number of hydrogen-bond acceptors (Lipinski definition) is 6. The highest BCUT2D eigenvalue weighted by Crippen LogP contribution is 2.10. The third-order valence-electron chi connectivity index (χ3n) is 3.89. The molecule has 0 aliphatic heterocycles. The second-order valence-corrected chi connectivity index (χ2v) is 6.89. The Kier molecular flexibility index (Phi) is 8.47. The number of nitriles is 1. The van der Waals surface area contributed by atoms with Gasteiger partial charge in [0, 0.05) is 25.0 Å². The molecule has 0 saturated carbocycles. The standard InChI is InChI=1S/C22H20N4O3S/c1-3-10-25-21(28)17(15-23)14-20-26(4-2)22(29)19(30-20)8-11-24-18-7-5-6-16(13-18)9-12-27/h1,5-7,11,13,24,27H,4,9-10,12H2,2H3,(H,25,28). The van der Waals surface area contributed by atoms with Crippen LogP contribution in [0.2, 0.25) is 0 Å². The van der Waals surface area contributed by atoms with E-state index in [-0.39, 0.29) is 24.3 Å². The van der Waals surface area contributed by atoms with Gasteiger partial charge < -0.3 is 15.7 Å². The molecule has 0 fully saturated rings. The van der Waals surface area contributed by atoms with Crippen molar-refractivity contribution in [2.24, 2.45) is 0 Å². The number of aromatic nitrogens is 1.